The highest BCUT2D eigenvalue weighted by atomic mass is 16.2. The lowest BCUT2D eigenvalue weighted by atomic mass is 10.1. The molecule has 7 nitrogen and oxygen atoms in total. The number of nitrogens with one attached hydrogen (secondary N) is 2. The summed E-state index contributed by atoms with van der Waals surface area (Å²) in [6.07, 6.45) is 2.39. The van der Waals surface area contributed by atoms with E-state index in [0.717, 1.165) is 29.0 Å². The number of benzene rings is 2. The van der Waals surface area contributed by atoms with Gasteiger partial charge in [0.25, 0.3) is 5.91 Å². The average Bonchev–Trinajstić information content (AvgIpc) is 2.90. The minimum absolute atomic E-state index is 0.00152. The Morgan fingerprint density at radius 2 is 1.71 bits per heavy atom. The van der Waals surface area contributed by atoms with Crippen LogP contribution in [0.1, 0.15) is 41.6 Å². The molecule has 1 saturated heterocycles. The quantitative estimate of drug-likeness (QED) is 0.804. The average molecular weight is 377 g/mol. The summed E-state index contributed by atoms with van der Waals surface area (Å²) in [5, 5.41) is 5.70. The van der Waals surface area contributed by atoms with Crippen molar-refractivity contribution in [1.82, 2.24) is 0 Å². The van der Waals surface area contributed by atoms with Crippen LogP contribution in [0.3, 0.4) is 0 Å². The first-order valence-corrected chi connectivity index (χ1v) is 9.21. The molecule has 4 amide bonds. The number of rotatable bonds is 3. The highest BCUT2D eigenvalue weighted by Crippen LogP contribution is 2.27. The second kappa shape index (κ2) is 7.26. The van der Waals surface area contributed by atoms with Crippen molar-refractivity contribution in [2.75, 3.05) is 15.5 Å². The standard InChI is InChI=1S/C21H19N3O4/c25-18-6-2-3-13-11-15(7-8-17(13)23-18)22-21(28)14-4-1-5-16(12-14)24-19(26)9-10-20(24)27/h1,4-5,7-8,11-12H,2-3,6,9-10H2,(H,22,28)(H,23,25). The first-order chi connectivity index (χ1) is 13.5. The smallest absolute Gasteiger partial charge is 0.255 e. The molecule has 2 aliphatic rings. The number of imide groups is 1. The van der Waals surface area contributed by atoms with Crippen LogP contribution in [0.25, 0.3) is 0 Å². The minimum Gasteiger partial charge on any atom is -0.326 e. The van der Waals surface area contributed by atoms with E-state index in [2.05, 4.69) is 10.6 Å². The summed E-state index contributed by atoms with van der Waals surface area (Å²) in [5.74, 6) is -0.845. The number of nitrogens with zero attached hydrogens (tertiary/aromatic N) is 1. The molecule has 0 aromatic heterocycles. The predicted molar refractivity (Wildman–Crippen MR) is 104 cm³/mol. The number of carbonyl (C=O) groups is 4. The van der Waals surface area contributed by atoms with Crippen LogP contribution in [0, 0.1) is 0 Å². The van der Waals surface area contributed by atoms with Gasteiger partial charge in [-0.05, 0) is 54.8 Å². The van der Waals surface area contributed by atoms with Gasteiger partial charge in [-0.15, -0.1) is 0 Å². The van der Waals surface area contributed by atoms with Gasteiger partial charge in [0.05, 0.1) is 5.69 Å². The van der Waals surface area contributed by atoms with Crippen molar-refractivity contribution in [3.63, 3.8) is 0 Å². The van der Waals surface area contributed by atoms with Gasteiger partial charge in [0.2, 0.25) is 17.7 Å². The van der Waals surface area contributed by atoms with E-state index in [1.54, 1.807) is 36.4 Å². The van der Waals surface area contributed by atoms with Crippen LogP contribution < -0.4 is 15.5 Å². The van der Waals surface area contributed by atoms with Gasteiger partial charge in [0.1, 0.15) is 0 Å². The molecule has 2 N–H and O–H groups in total. The molecule has 4 rings (SSSR count). The molecule has 142 valence electrons. The van der Waals surface area contributed by atoms with E-state index in [4.69, 9.17) is 0 Å². The number of fused-ring (bicyclic) bond motifs is 1. The third-order valence-electron chi connectivity index (χ3n) is 4.91. The summed E-state index contributed by atoms with van der Waals surface area (Å²) in [7, 11) is 0. The maximum atomic E-state index is 12.7. The Labute approximate surface area is 161 Å². The molecule has 0 unspecified atom stereocenters. The van der Waals surface area contributed by atoms with Crippen LogP contribution in [-0.4, -0.2) is 23.6 Å². The van der Waals surface area contributed by atoms with Crippen LogP contribution in [0.5, 0.6) is 0 Å². The van der Waals surface area contributed by atoms with Gasteiger partial charge in [-0.1, -0.05) is 6.07 Å². The summed E-state index contributed by atoms with van der Waals surface area (Å²) in [6.45, 7) is 0. The van der Waals surface area contributed by atoms with Crippen LogP contribution in [-0.2, 0) is 20.8 Å². The summed E-state index contributed by atoms with van der Waals surface area (Å²) >= 11 is 0. The van der Waals surface area contributed by atoms with E-state index >= 15 is 0 Å². The van der Waals surface area contributed by atoms with Crippen molar-refractivity contribution in [2.24, 2.45) is 0 Å². The zero-order chi connectivity index (χ0) is 19.7. The highest BCUT2D eigenvalue weighted by Gasteiger charge is 2.30. The van der Waals surface area contributed by atoms with Crippen LogP contribution in [0.2, 0.25) is 0 Å². The van der Waals surface area contributed by atoms with Gasteiger partial charge in [-0.3, -0.25) is 24.1 Å². The largest absolute Gasteiger partial charge is 0.326 e. The van der Waals surface area contributed by atoms with Gasteiger partial charge in [0.15, 0.2) is 0 Å². The van der Waals surface area contributed by atoms with Gasteiger partial charge < -0.3 is 10.6 Å². The molecule has 0 atom stereocenters. The van der Waals surface area contributed by atoms with Crippen molar-refractivity contribution in [2.45, 2.75) is 32.1 Å². The summed E-state index contributed by atoms with van der Waals surface area (Å²) in [4.78, 5) is 49.3. The molecule has 2 aromatic carbocycles. The van der Waals surface area contributed by atoms with Gasteiger partial charge >= 0.3 is 0 Å². The molecule has 0 radical (unpaired) electrons. The number of amides is 4. The number of hydrogen-bond donors (Lipinski definition) is 2. The van der Waals surface area contributed by atoms with Gasteiger partial charge in [-0.2, -0.15) is 0 Å². The summed E-state index contributed by atoms with van der Waals surface area (Å²) in [6, 6.07) is 11.8. The molecule has 0 spiro atoms. The van der Waals surface area contributed by atoms with E-state index in [1.807, 2.05) is 6.07 Å². The third kappa shape index (κ3) is 3.51. The highest BCUT2D eigenvalue weighted by molar-refractivity contribution is 6.20. The molecule has 0 bridgehead atoms. The van der Waals surface area contributed by atoms with Gasteiger partial charge in [0, 0.05) is 36.2 Å². The van der Waals surface area contributed by atoms with E-state index in [0.29, 0.717) is 23.4 Å². The summed E-state index contributed by atoms with van der Waals surface area (Å²) < 4.78 is 0. The lowest BCUT2D eigenvalue weighted by molar-refractivity contribution is -0.121. The van der Waals surface area contributed by atoms with Crippen LogP contribution in [0.4, 0.5) is 17.1 Å². The van der Waals surface area contributed by atoms with Crippen molar-refractivity contribution in [3.05, 3.63) is 53.6 Å². The molecule has 2 aliphatic heterocycles. The maximum Gasteiger partial charge on any atom is 0.255 e. The van der Waals surface area contributed by atoms with Crippen LogP contribution >= 0.6 is 0 Å². The molecule has 1 fully saturated rings. The lowest BCUT2D eigenvalue weighted by Crippen LogP contribution is -2.28. The second-order valence-corrected chi connectivity index (χ2v) is 6.90. The van der Waals surface area contributed by atoms with Crippen molar-refractivity contribution >= 4 is 40.7 Å². The van der Waals surface area contributed by atoms with E-state index in [-0.39, 0.29) is 36.5 Å². The van der Waals surface area contributed by atoms with E-state index < -0.39 is 0 Å². The van der Waals surface area contributed by atoms with Crippen molar-refractivity contribution in [1.29, 1.82) is 0 Å². The number of hydrogen-bond acceptors (Lipinski definition) is 4. The number of aryl methyl sites for hydroxylation is 1. The predicted octanol–water partition coefficient (Wildman–Crippen LogP) is 2.87. The Morgan fingerprint density at radius 1 is 0.929 bits per heavy atom. The lowest BCUT2D eigenvalue weighted by Gasteiger charge is -2.15. The van der Waals surface area contributed by atoms with E-state index in [9.17, 15) is 19.2 Å². The second-order valence-electron chi connectivity index (χ2n) is 6.90. The van der Waals surface area contributed by atoms with Gasteiger partial charge in [-0.25, -0.2) is 0 Å². The first-order valence-electron chi connectivity index (χ1n) is 9.21. The molecular weight excluding hydrogens is 358 g/mol. The number of carbonyl (C=O) groups excluding carboxylic acids is 4. The zero-order valence-corrected chi connectivity index (χ0v) is 15.2. The Kier molecular flexibility index (Phi) is 4.65. The van der Waals surface area contributed by atoms with Crippen LogP contribution in [0.15, 0.2) is 42.5 Å². The Balaban J connectivity index is 1.54. The zero-order valence-electron chi connectivity index (χ0n) is 15.2. The SMILES string of the molecule is O=C1CCCc2cc(NC(=O)c3cccc(N4C(=O)CCC4=O)c3)ccc2N1. The fourth-order valence-corrected chi connectivity index (χ4v) is 3.51. The Hall–Kier alpha value is -3.48. The molecule has 28 heavy (non-hydrogen) atoms. The fraction of sp³-hybridized carbons (Fsp3) is 0.238. The topological polar surface area (TPSA) is 95.6 Å². The molecular formula is C21H19N3O4. The van der Waals surface area contributed by atoms with Crippen molar-refractivity contribution in [3.8, 4) is 0 Å². The first kappa shape index (κ1) is 17.9. The monoisotopic (exact) mass is 377 g/mol. The maximum absolute atomic E-state index is 12.7. The minimum atomic E-state index is -0.335. The normalized spacial score (nSPS) is 16.4. The molecule has 2 aromatic rings. The Bertz CT molecular complexity index is 983. The fourth-order valence-electron chi connectivity index (χ4n) is 3.51. The summed E-state index contributed by atoms with van der Waals surface area (Å²) in [5.41, 5.74) is 3.14. The molecule has 0 aliphatic carbocycles. The van der Waals surface area contributed by atoms with Crippen molar-refractivity contribution < 1.29 is 19.2 Å². The molecule has 2 heterocycles. The Morgan fingerprint density at radius 3 is 2.50 bits per heavy atom. The molecule has 7 heteroatoms. The van der Waals surface area contributed by atoms with E-state index in [1.165, 1.54) is 0 Å². The third-order valence-corrected chi connectivity index (χ3v) is 4.91. The molecule has 0 saturated carbocycles. The number of anilines is 3.